The molecule has 0 saturated heterocycles. The van der Waals surface area contributed by atoms with Gasteiger partial charge in [0.15, 0.2) is 0 Å². The maximum Gasteiger partial charge on any atom is 0.123 e. The number of nitrogens with two attached hydrogens (primary N) is 1. The van der Waals surface area contributed by atoms with Crippen molar-refractivity contribution in [3.05, 3.63) is 46.9 Å². The van der Waals surface area contributed by atoms with Crippen LogP contribution in [0.2, 0.25) is 0 Å². The first kappa shape index (κ1) is 12.4. The van der Waals surface area contributed by atoms with Crippen molar-refractivity contribution in [2.45, 2.75) is 26.7 Å². The first-order valence-corrected chi connectivity index (χ1v) is 5.24. The predicted molar refractivity (Wildman–Crippen MR) is 65.3 cm³/mol. The molecule has 1 aromatic carbocycles. The highest BCUT2D eigenvalue weighted by molar-refractivity contribution is 6.07. The van der Waals surface area contributed by atoms with Gasteiger partial charge < -0.3 is 11.1 Å². The minimum absolute atomic E-state index is 0.178. The Morgan fingerprint density at radius 1 is 1.44 bits per heavy atom. The van der Waals surface area contributed by atoms with Crippen molar-refractivity contribution in [2.24, 2.45) is 5.73 Å². The average Bonchev–Trinajstić information content (AvgIpc) is 2.16. The molecule has 0 fully saturated rings. The number of allylic oxidation sites excluding steroid dienone is 2. The van der Waals surface area contributed by atoms with Gasteiger partial charge >= 0.3 is 0 Å². The van der Waals surface area contributed by atoms with Crippen molar-refractivity contribution >= 4 is 5.71 Å². The van der Waals surface area contributed by atoms with E-state index in [-0.39, 0.29) is 11.7 Å². The smallest absolute Gasteiger partial charge is 0.123 e. The molecule has 0 bridgehead atoms. The summed E-state index contributed by atoms with van der Waals surface area (Å²) in [5.74, 6) is -0.0915. The summed E-state index contributed by atoms with van der Waals surface area (Å²) in [5.41, 5.74) is 8.00. The molecule has 0 unspecified atom stereocenters. The number of hydrogen-bond donors (Lipinski definition) is 2. The zero-order valence-corrected chi connectivity index (χ0v) is 9.84. The molecule has 3 heteroatoms. The van der Waals surface area contributed by atoms with Gasteiger partial charge in [-0.25, -0.2) is 4.39 Å². The van der Waals surface area contributed by atoms with E-state index in [1.165, 1.54) is 12.1 Å². The largest absolute Gasteiger partial charge is 0.402 e. The van der Waals surface area contributed by atoms with Gasteiger partial charge in [-0.15, -0.1) is 0 Å². The molecule has 0 spiro atoms. The summed E-state index contributed by atoms with van der Waals surface area (Å²) in [6.45, 7) is 5.68. The highest BCUT2D eigenvalue weighted by Gasteiger charge is 2.10. The van der Waals surface area contributed by atoms with E-state index in [0.29, 0.717) is 11.4 Å². The lowest BCUT2D eigenvalue weighted by atomic mass is 9.94. The molecular formula is C13H17FN2. The van der Waals surface area contributed by atoms with Crippen LogP contribution in [0.3, 0.4) is 0 Å². The Balaban J connectivity index is 3.23. The first-order valence-electron chi connectivity index (χ1n) is 5.24. The summed E-state index contributed by atoms with van der Waals surface area (Å²) >= 11 is 0. The Kier molecular flexibility index (Phi) is 3.82. The van der Waals surface area contributed by atoms with Crippen LogP contribution in [0.1, 0.15) is 37.8 Å². The van der Waals surface area contributed by atoms with Crippen molar-refractivity contribution < 1.29 is 4.39 Å². The van der Waals surface area contributed by atoms with Crippen molar-refractivity contribution in [3.63, 3.8) is 0 Å². The molecule has 0 saturated carbocycles. The molecule has 0 amide bonds. The molecule has 0 aromatic heterocycles. The monoisotopic (exact) mass is 220 g/mol. The number of rotatable bonds is 3. The van der Waals surface area contributed by atoms with Gasteiger partial charge in [-0.05, 0) is 42.7 Å². The molecule has 0 heterocycles. The van der Waals surface area contributed by atoms with E-state index in [2.05, 4.69) is 0 Å². The Bertz CT molecular complexity index is 430. The fourth-order valence-corrected chi connectivity index (χ4v) is 1.56. The van der Waals surface area contributed by atoms with Gasteiger partial charge in [0.2, 0.25) is 0 Å². The quantitative estimate of drug-likeness (QED) is 0.755. The summed E-state index contributed by atoms with van der Waals surface area (Å²) in [4.78, 5) is 0. The zero-order valence-electron chi connectivity index (χ0n) is 9.84. The topological polar surface area (TPSA) is 49.9 Å². The highest BCUT2D eigenvalue weighted by Crippen LogP contribution is 2.21. The third-order valence-corrected chi connectivity index (χ3v) is 2.30. The first-order chi connectivity index (χ1) is 7.41. The normalized spacial score (nSPS) is 11.9. The van der Waals surface area contributed by atoms with Gasteiger partial charge in [0.25, 0.3) is 0 Å². The van der Waals surface area contributed by atoms with Gasteiger partial charge in [-0.2, -0.15) is 0 Å². The Labute approximate surface area is 95.5 Å². The van der Waals surface area contributed by atoms with Crippen LogP contribution >= 0.6 is 0 Å². The van der Waals surface area contributed by atoms with E-state index in [0.717, 1.165) is 11.1 Å². The molecule has 86 valence electrons. The van der Waals surface area contributed by atoms with E-state index in [1.54, 1.807) is 19.1 Å². The van der Waals surface area contributed by atoms with Gasteiger partial charge in [0.05, 0.1) is 5.71 Å². The van der Waals surface area contributed by atoms with Crippen LogP contribution < -0.4 is 5.73 Å². The number of halogens is 1. The number of nitrogens with one attached hydrogen (secondary N) is 1. The van der Waals surface area contributed by atoms with Gasteiger partial charge in [-0.1, -0.05) is 13.8 Å². The van der Waals surface area contributed by atoms with Crippen LogP contribution in [-0.4, -0.2) is 5.71 Å². The van der Waals surface area contributed by atoms with E-state index in [4.69, 9.17) is 11.1 Å². The lowest BCUT2D eigenvalue weighted by Crippen LogP contribution is -2.05. The summed E-state index contributed by atoms with van der Waals surface area (Å²) in [6, 6.07) is 4.48. The van der Waals surface area contributed by atoms with Gasteiger partial charge in [-0.3, -0.25) is 0 Å². The van der Waals surface area contributed by atoms with E-state index in [9.17, 15) is 4.39 Å². The summed E-state index contributed by atoms with van der Waals surface area (Å²) in [5, 5.41) is 7.89. The van der Waals surface area contributed by atoms with E-state index >= 15 is 0 Å². The van der Waals surface area contributed by atoms with Crippen molar-refractivity contribution in [3.8, 4) is 0 Å². The molecule has 0 atom stereocenters. The maximum atomic E-state index is 13.1. The minimum atomic E-state index is -0.270. The molecule has 0 radical (unpaired) electrons. The van der Waals surface area contributed by atoms with Crippen LogP contribution in [0, 0.1) is 11.2 Å². The fraction of sp³-hybridized carbons (Fsp3) is 0.308. The van der Waals surface area contributed by atoms with Crippen LogP contribution in [0.5, 0.6) is 0 Å². The summed E-state index contributed by atoms with van der Waals surface area (Å²) in [6.07, 6.45) is 1.58. The Morgan fingerprint density at radius 2 is 2.06 bits per heavy atom. The zero-order chi connectivity index (χ0) is 12.3. The molecule has 0 aliphatic carbocycles. The summed E-state index contributed by atoms with van der Waals surface area (Å²) in [7, 11) is 0. The molecule has 0 aliphatic rings. The average molecular weight is 220 g/mol. The fourth-order valence-electron chi connectivity index (χ4n) is 1.56. The van der Waals surface area contributed by atoms with Crippen molar-refractivity contribution in [2.75, 3.05) is 0 Å². The second kappa shape index (κ2) is 4.92. The molecule has 3 N–H and O–H groups in total. The molecule has 2 nitrogen and oxygen atoms in total. The minimum Gasteiger partial charge on any atom is -0.402 e. The standard InChI is InChI=1S/C13H17FN2/c1-8(2)12-7-10(14)4-5-11(12)13(16)6-9(3)15/h4-8,16H,15H2,1-3H3. The third-order valence-electron chi connectivity index (χ3n) is 2.30. The highest BCUT2D eigenvalue weighted by atomic mass is 19.1. The second-order valence-electron chi connectivity index (χ2n) is 4.19. The van der Waals surface area contributed by atoms with Crippen LogP contribution in [0.15, 0.2) is 30.0 Å². The van der Waals surface area contributed by atoms with Crippen molar-refractivity contribution in [1.82, 2.24) is 0 Å². The molecular weight excluding hydrogens is 203 g/mol. The van der Waals surface area contributed by atoms with Crippen molar-refractivity contribution in [1.29, 1.82) is 5.41 Å². The molecule has 0 aliphatic heterocycles. The van der Waals surface area contributed by atoms with Gasteiger partial charge in [0.1, 0.15) is 5.82 Å². The maximum absolute atomic E-state index is 13.1. The number of hydrogen-bond acceptors (Lipinski definition) is 2. The van der Waals surface area contributed by atoms with E-state index < -0.39 is 0 Å². The third kappa shape index (κ3) is 2.92. The lowest BCUT2D eigenvalue weighted by Gasteiger charge is -2.12. The molecule has 1 aromatic rings. The van der Waals surface area contributed by atoms with E-state index in [1.807, 2.05) is 13.8 Å². The second-order valence-corrected chi connectivity index (χ2v) is 4.19. The predicted octanol–water partition coefficient (Wildman–Crippen LogP) is 3.18. The molecule has 16 heavy (non-hydrogen) atoms. The Hall–Kier alpha value is -1.64. The van der Waals surface area contributed by atoms with Crippen LogP contribution in [0.4, 0.5) is 4.39 Å². The van der Waals surface area contributed by atoms with Gasteiger partial charge in [0, 0.05) is 11.3 Å². The number of benzene rings is 1. The van der Waals surface area contributed by atoms with Crippen LogP contribution in [-0.2, 0) is 0 Å². The van der Waals surface area contributed by atoms with Crippen LogP contribution in [0.25, 0.3) is 0 Å². The summed E-state index contributed by atoms with van der Waals surface area (Å²) < 4.78 is 13.1. The molecule has 1 rings (SSSR count). The Morgan fingerprint density at radius 3 is 2.56 bits per heavy atom. The lowest BCUT2D eigenvalue weighted by molar-refractivity contribution is 0.623. The SMILES string of the molecule is CC(N)=CC(=N)c1ccc(F)cc1C(C)C.